The molecule has 0 aliphatic carbocycles. The molecule has 0 N–H and O–H groups in total. The molecule has 54 heavy (non-hydrogen) atoms. The Morgan fingerprint density at radius 2 is 0.852 bits per heavy atom. The Morgan fingerprint density at radius 3 is 1.46 bits per heavy atom. The van der Waals surface area contributed by atoms with Crippen LogP contribution in [0, 0.1) is 0 Å². The topological polar surface area (TPSA) is 11.4 Å². The minimum Gasteiger partial charge on any atom is -0.311 e. The van der Waals surface area contributed by atoms with Gasteiger partial charge in [0.05, 0.1) is 15.0 Å². The number of hydrogen-bond acceptors (Lipinski definition) is 2. The number of aromatic nitrogens is 1. The third kappa shape index (κ3) is 5.61. The monoisotopic (exact) mass is 707 g/mol. The summed E-state index contributed by atoms with van der Waals surface area (Å²) in [5.74, 6) is 1.27. The van der Waals surface area contributed by atoms with Crippen LogP contribution in [0.4, 0.5) is 34.3 Å². The van der Waals surface area contributed by atoms with Crippen molar-refractivity contribution in [2.24, 2.45) is 0 Å². The number of fused-ring (bicyclic) bond motifs is 4. The molecule has 1 aliphatic heterocycles. The quantitative estimate of drug-likeness (QED) is 0.153. The first kappa shape index (κ1) is 31.8. The van der Waals surface area contributed by atoms with E-state index in [-0.39, 0.29) is 0 Å². The van der Waals surface area contributed by atoms with E-state index < -0.39 is 9.52 Å². The SMILES string of the molecule is c1ccc(N(c2ccccc2)c2ccc(-c3ccc(-c4ccc5c(c4)[SiH2]c4c(n(-c6ccccc6)c6ccccc46)N5c4ccccc4)cc3)cc2)cc1. The maximum Gasteiger partial charge on any atom is 0.122 e. The van der Waals surface area contributed by atoms with Crippen LogP contribution >= 0.6 is 0 Å². The normalized spacial score (nSPS) is 12.4. The lowest BCUT2D eigenvalue weighted by Gasteiger charge is -2.33. The lowest BCUT2D eigenvalue weighted by molar-refractivity contribution is 1.08. The van der Waals surface area contributed by atoms with Crippen molar-refractivity contribution in [1.29, 1.82) is 0 Å². The maximum atomic E-state index is 2.49. The Labute approximate surface area is 318 Å². The van der Waals surface area contributed by atoms with Crippen LogP contribution in [0.25, 0.3) is 38.8 Å². The molecule has 1 aromatic heterocycles. The highest BCUT2D eigenvalue weighted by Crippen LogP contribution is 2.41. The van der Waals surface area contributed by atoms with Crippen molar-refractivity contribution < 1.29 is 0 Å². The first-order chi connectivity index (χ1) is 26.8. The fourth-order valence-electron chi connectivity index (χ4n) is 8.07. The number of hydrogen-bond donors (Lipinski definition) is 0. The van der Waals surface area contributed by atoms with Crippen LogP contribution in [0.5, 0.6) is 0 Å². The van der Waals surface area contributed by atoms with Gasteiger partial charge in [-0.3, -0.25) is 9.47 Å². The van der Waals surface area contributed by atoms with Gasteiger partial charge in [-0.05, 0) is 105 Å². The Balaban J connectivity index is 0.998. The van der Waals surface area contributed by atoms with E-state index in [9.17, 15) is 0 Å². The van der Waals surface area contributed by atoms with E-state index in [0.29, 0.717) is 0 Å². The summed E-state index contributed by atoms with van der Waals surface area (Å²) in [5.41, 5.74) is 13.2. The highest BCUT2D eigenvalue weighted by atomic mass is 28.2. The van der Waals surface area contributed by atoms with Gasteiger partial charge >= 0.3 is 0 Å². The molecule has 10 rings (SSSR count). The minimum absolute atomic E-state index is 0.830. The maximum absolute atomic E-state index is 2.49. The van der Waals surface area contributed by atoms with Gasteiger partial charge in [0.15, 0.2) is 0 Å². The molecule has 0 saturated heterocycles. The molecular weight excluding hydrogens is 671 g/mol. The van der Waals surface area contributed by atoms with Crippen LogP contribution in [0.15, 0.2) is 212 Å². The van der Waals surface area contributed by atoms with E-state index in [4.69, 9.17) is 0 Å². The fraction of sp³-hybridized carbons (Fsp3) is 0. The van der Waals surface area contributed by atoms with Crippen LogP contribution in [0.3, 0.4) is 0 Å². The highest BCUT2D eigenvalue weighted by molar-refractivity contribution is 6.74. The molecule has 256 valence electrons. The van der Waals surface area contributed by atoms with Gasteiger partial charge < -0.3 is 4.90 Å². The molecule has 8 aromatic carbocycles. The van der Waals surface area contributed by atoms with Crippen molar-refractivity contribution in [2.45, 2.75) is 0 Å². The molecule has 0 saturated carbocycles. The molecule has 3 nitrogen and oxygen atoms in total. The summed E-state index contributed by atoms with van der Waals surface area (Å²) in [5, 5.41) is 4.30. The number of nitrogens with zero attached hydrogens (tertiary/aromatic N) is 3. The smallest absolute Gasteiger partial charge is 0.122 e. The summed E-state index contributed by atoms with van der Waals surface area (Å²) < 4.78 is 2.47. The number of rotatable bonds is 7. The lowest BCUT2D eigenvalue weighted by atomic mass is 9.99. The Morgan fingerprint density at radius 1 is 0.389 bits per heavy atom. The van der Waals surface area contributed by atoms with E-state index in [1.165, 1.54) is 66.4 Å². The van der Waals surface area contributed by atoms with Gasteiger partial charge in [0.1, 0.15) is 5.82 Å². The molecular formula is C50H37N3Si. The predicted octanol–water partition coefficient (Wildman–Crippen LogP) is 11.3. The highest BCUT2D eigenvalue weighted by Gasteiger charge is 2.31. The molecule has 0 radical (unpaired) electrons. The van der Waals surface area contributed by atoms with Crippen molar-refractivity contribution in [2.75, 3.05) is 9.80 Å². The van der Waals surface area contributed by atoms with Crippen LogP contribution in [-0.2, 0) is 0 Å². The van der Waals surface area contributed by atoms with Gasteiger partial charge in [0.25, 0.3) is 0 Å². The van der Waals surface area contributed by atoms with Gasteiger partial charge in [-0.1, -0.05) is 140 Å². The third-order valence-corrected chi connectivity index (χ3v) is 12.6. The second-order valence-electron chi connectivity index (χ2n) is 13.8. The Hall–Kier alpha value is -6.88. The van der Waals surface area contributed by atoms with Crippen LogP contribution in [0.2, 0.25) is 0 Å². The van der Waals surface area contributed by atoms with E-state index in [2.05, 4.69) is 227 Å². The van der Waals surface area contributed by atoms with Gasteiger partial charge in [-0.25, -0.2) is 0 Å². The zero-order chi connectivity index (χ0) is 35.8. The molecule has 1 aliphatic rings. The average molecular weight is 708 g/mol. The minimum atomic E-state index is -0.830. The summed E-state index contributed by atoms with van der Waals surface area (Å²) in [6.07, 6.45) is 0. The van der Waals surface area contributed by atoms with Crippen molar-refractivity contribution in [3.8, 4) is 27.9 Å². The molecule has 0 atom stereocenters. The molecule has 2 heterocycles. The van der Waals surface area contributed by atoms with Gasteiger partial charge in [0.2, 0.25) is 0 Å². The van der Waals surface area contributed by atoms with Crippen molar-refractivity contribution >= 4 is 65.1 Å². The van der Waals surface area contributed by atoms with E-state index in [0.717, 1.165) is 17.1 Å². The average Bonchev–Trinajstić information content (AvgIpc) is 3.58. The molecule has 0 bridgehead atoms. The number of benzene rings is 8. The zero-order valence-electron chi connectivity index (χ0n) is 29.8. The summed E-state index contributed by atoms with van der Waals surface area (Å²) in [6.45, 7) is 0. The van der Waals surface area contributed by atoms with Crippen molar-refractivity contribution in [3.63, 3.8) is 0 Å². The Kier molecular flexibility index (Phi) is 8.01. The van der Waals surface area contributed by atoms with E-state index >= 15 is 0 Å². The van der Waals surface area contributed by atoms with Crippen molar-refractivity contribution in [3.05, 3.63) is 212 Å². The van der Waals surface area contributed by atoms with E-state index in [1.807, 2.05) is 0 Å². The summed E-state index contributed by atoms with van der Waals surface area (Å²) >= 11 is 0. The molecule has 4 heteroatoms. The van der Waals surface area contributed by atoms with Crippen LogP contribution in [-0.4, -0.2) is 14.1 Å². The molecule has 0 fully saturated rings. The molecule has 9 aromatic rings. The second-order valence-corrected chi connectivity index (χ2v) is 15.6. The first-order valence-corrected chi connectivity index (χ1v) is 20.0. The van der Waals surface area contributed by atoms with Gasteiger partial charge in [0, 0.05) is 39.5 Å². The van der Waals surface area contributed by atoms with Gasteiger partial charge in [-0.2, -0.15) is 0 Å². The molecule has 0 spiro atoms. The molecule has 0 amide bonds. The van der Waals surface area contributed by atoms with Crippen LogP contribution < -0.4 is 20.2 Å². The summed E-state index contributed by atoms with van der Waals surface area (Å²) in [4.78, 5) is 4.79. The first-order valence-electron chi connectivity index (χ1n) is 18.6. The van der Waals surface area contributed by atoms with E-state index in [1.54, 1.807) is 0 Å². The standard InChI is InChI=1S/C50H37N3Si/c1-5-15-40(16-6-1)51(41-17-7-2-8-18-41)44-32-29-37(30-33-44)36-25-27-38(28-26-36)39-31-34-47-48(35-39)54-49-45-23-13-14-24-46(45)52(42-19-9-3-10-20-42)50(49)53(47)43-21-11-4-12-22-43/h1-35H,54H2. The predicted molar refractivity (Wildman–Crippen MR) is 231 cm³/mol. The largest absolute Gasteiger partial charge is 0.311 e. The summed E-state index contributed by atoms with van der Waals surface area (Å²) in [6, 6.07) is 76.8. The lowest BCUT2D eigenvalue weighted by Crippen LogP contribution is -2.40. The van der Waals surface area contributed by atoms with Gasteiger partial charge in [-0.15, -0.1) is 0 Å². The number of para-hydroxylation sites is 5. The van der Waals surface area contributed by atoms with Crippen LogP contribution in [0.1, 0.15) is 0 Å². The zero-order valence-corrected chi connectivity index (χ0v) is 31.2. The fourth-order valence-corrected chi connectivity index (χ4v) is 10.2. The molecule has 0 unspecified atom stereocenters. The summed E-state index contributed by atoms with van der Waals surface area (Å²) in [7, 11) is -0.830. The Bertz CT molecular complexity index is 2670. The third-order valence-electron chi connectivity index (χ3n) is 10.6. The number of anilines is 6. The second kappa shape index (κ2) is 13.6. The van der Waals surface area contributed by atoms with Crippen molar-refractivity contribution in [1.82, 2.24) is 4.57 Å².